The second-order valence-corrected chi connectivity index (χ2v) is 10.8. The highest BCUT2D eigenvalue weighted by Gasteiger charge is 2.59. The molecule has 3 heteroatoms. The molecule has 0 bridgehead atoms. The Bertz CT molecular complexity index is 302. The predicted molar refractivity (Wildman–Crippen MR) is 70.3 cm³/mol. The molecule has 0 aromatic carbocycles. The van der Waals surface area contributed by atoms with Crippen LogP contribution in [0.1, 0.15) is 33.1 Å². The number of carbonyl (C=O) groups is 1. The number of ether oxygens (including phenoxy) is 1. The molecule has 0 aliphatic heterocycles. The van der Waals surface area contributed by atoms with Crippen LogP contribution in [0.3, 0.4) is 0 Å². The summed E-state index contributed by atoms with van der Waals surface area (Å²) in [5, 5.41) is -0.266. The van der Waals surface area contributed by atoms with Crippen LogP contribution in [0.15, 0.2) is 11.6 Å². The lowest BCUT2D eigenvalue weighted by molar-refractivity contribution is -0.143. The second-order valence-electron chi connectivity index (χ2n) is 5.55. The van der Waals surface area contributed by atoms with E-state index in [4.69, 9.17) is 4.74 Å². The number of rotatable bonds is 6. The summed E-state index contributed by atoms with van der Waals surface area (Å²) in [6.07, 6.45) is 5.60. The van der Waals surface area contributed by atoms with Crippen LogP contribution in [0, 0.1) is 0 Å². The number of hydrogen-bond acceptors (Lipinski definition) is 2. The summed E-state index contributed by atoms with van der Waals surface area (Å²) in [4.78, 5) is 12.1. The monoisotopic (exact) mass is 240 g/mol. The predicted octanol–water partition coefficient (Wildman–Crippen LogP) is 3.76. The molecule has 0 saturated carbocycles. The van der Waals surface area contributed by atoms with Gasteiger partial charge in [0.25, 0.3) is 0 Å². The Labute approximate surface area is 100 Å². The van der Waals surface area contributed by atoms with Crippen molar-refractivity contribution in [1.82, 2.24) is 0 Å². The summed E-state index contributed by atoms with van der Waals surface area (Å²) in [5.74, 6) is 0.000250. The zero-order valence-corrected chi connectivity index (χ0v) is 12.2. The van der Waals surface area contributed by atoms with Gasteiger partial charge < -0.3 is 4.74 Å². The third kappa shape index (κ3) is 2.24. The highest BCUT2D eigenvalue weighted by Crippen LogP contribution is 2.61. The lowest BCUT2D eigenvalue weighted by atomic mass is 10.1. The third-order valence-electron chi connectivity index (χ3n) is 3.39. The molecule has 1 rings (SSSR count). The van der Waals surface area contributed by atoms with E-state index >= 15 is 0 Å². The smallest absolute Gasteiger partial charge is 0.317 e. The van der Waals surface area contributed by atoms with Crippen molar-refractivity contribution in [3.05, 3.63) is 11.6 Å². The molecule has 16 heavy (non-hydrogen) atoms. The minimum Gasteiger partial charge on any atom is -0.465 e. The van der Waals surface area contributed by atoms with Crippen LogP contribution in [-0.2, 0) is 9.53 Å². The molecule has 0 aromatic rings. The van der Waals surface area contributed by atoms with Crippen molar-refractivity contribution in [1.29, 1.82) is 0 Å². The highest BCUT2D eigenvalue weighted by atomic mass is 28.3. The summed E-state index contributed by atoms with van der Waals surface area (Å²) < 4.78 is 5.25. The van der Waals surface area contributed by atoms with Gasteiger partial charge in [-0.1, -0.05) is 44.6 Å². The lowest BCUT2D eigenvalue weighted by Gasteiger charge is -2.29. The first-order chi connectivity index (χ1) is 7.40. The molecule has 1 atom stereocenters. The maximum absolute atomic E-state index is 12.1. The van der Waals surface area contributed by atoms with E-state index in [2.05, 4.69) is 32.6 Å². The number of hydrogen-bond donors (Lipinski definition) is 0. The molecule has 0 radical (unpaired) electrons. The zero-order chi connectivity index (χ0) is 12.4. The number of carbonyl (C=O) groups excluding carboxylic acids is 1. The topological polar surface area (TPSA) is 26.3 Å². The van der Waals surface area contributed by atoms with Crippen LogP contribution in [0.25, 0.3) is 0 Å². The average molecular weight is 240 g/mol. The average Bonchev–Trinajstić information content (AvgIpc) is 2.90. The quantitative estimate of drug-likeness (QED) is 0.401. The normalized spacial score (nSPS) is 23.9. The van der Waals surface area contributed by atoms with E-state index in [1.807, 2.05) is 6.92 Å². The van der Waals surface area contributed by atoms with Gasteiger partial charge in [-0.3, -0.25) is 4.79 Å². The Hall–Kier alpha value is -0.573. The number of unbranched alkanes of at least 4 members (excludes halogenated alkanes) is 1. The second kappa shape index (κ2) is 4.74. The van der Waals surface area contributed by atoms with E-state index in [0.717, 1.165) is 6.42 Å². The Morgan fingerprint density at radius 1 is 1.38 bits per heavy atom. The minimum atomic E-state index is -1.55. The molecule has 0 spiro atoms. The van der Waals surface area contributed by atoms with Crippen molar-refractivity contribution < 1.29 is 9.53 Å². The van der Waals surface area contributed by atoms with Gasteiger partial charge in [-0.15, -0.1) is 0 Å². The minimum absolute atomic E-state index is 0.000250. The van der Waals surface area contributed by atoms with E-state index < -0.39 is 8.07 Å². The van der Waals surface area contributed by atoms with E-state index in [9.17, 15) is 4.79 Å². The summed E-state index contributed by atoms with van der Waals surface area (Å²) in [6, 6.07) is 0. The highest BCUT2D eigenvalue weighted by molar-refractivity contribution is 6.85. The molecule has 0 heterocycles. The molecule has 0 N–H and O–H groups in total. The van der Waals surface area contributed by atoms with Crippen LogP contribution in [0.4, 0.5) is 0 Å². The maximum atomic E-state index is 12.1. The van der Waals surface area contributed by atoms with Crippen molar-refractivity contribution in [3.8, 4) is 0 Å². The lowest BCUT2D eigenvalue weighted by Crippen LogP contribution is -2.39. The maximum Gasteiger partial charge on any atom is 0.317 e. The van der Waals surface area contributed by atoms with Gasteiger partial charge in [0.2, 0.25) is 0 Å². The molecule has 0 saturated heterocycles. The summed E-state index contributed by atoms with van der Waals surface area (Å²) in [5.41, 5.74) is 1.34. The molecule has 0 aromatic heterocycles. The molecular formula is C13H24O2Si. The van der Waals surface area contributed by atoms with Crippen LogP contribution in [0.2, 0.25) is 24.7 Å². The van der Waals surface area contributed by atoms with Crippen LogP contribution in [-0.4, -0.2) is 20.7 Å². The van der Waals surface area contributed by atoms with Crippen molar-refractivity contribution in [3.63, 3.8) is 0 Å². The molecule has 92 valence electrons. The largest absolute Gasteiger partial charge is 0.465 e. The van der Waals surface area contributed by atoms with Crippen LogP contribution >= 0.6 is 0 Å². The van der Waals surface area contributed by atoms with Crippen LogP contribution in [0.5, 0.6) is 0 Å². The first kappa shape index (κ1) is 13.5. The van der Waals surface area contributed by atoms with Gasteiger partial charge in [0.05, 0.1) is 19.7 Å². The fourth-order valence-electron chi connectivity index (χ4n) is 2.30. The van der Waals surface area contributed by atoms with Crippen molar-refractivity contribution >= 4 is 14.0 Å². The molecule has 0 fully saturated rings. The summed E-state index contributed by atoms with van der Waals surface area (Å²) in [7, 11) is -1.55. The Balaban J connectivity index is 2.74. The van der Waals surface area contributed by atoms with Crippen molar-refractivity contribution in [2.75, 3.05) is 6.61 Å². The number of esters is 1. The molecule has 1 aliphatic rings. The SMILES string of the molecule is CCCCC1=CC1(C(=O)OCC)[Si](C)(C)C. The van der Waals surface area contributed by atoms with Crippen LogP contribution < -0.4 is 0 Å². The van der Waals surface area contributed by atoms with E-state index in [-0.39, 0.29) is 11.0 Å². The van der Waals surface area contributed by atoms with Gasteiger partial charge in [0.1, 0.15) is 0 Å². The van der Waals surface area contributed by atoms with Gasteiger partial charge in [0, 0.05) is 0 Å². The molecule has 0 amide bonds. The standard InChI is InChI=1S/C13H24O2Si/c1-6-8-9-11-10-13(11,16(3,4)5)12(14)15-7-2/h10H,6-9H2,1-5H3. The molecule has 1 unspecified atom stereocenters. The van der Waals surface area contributed by atoms with Gasteiger partial charge in [-0.25, -0.2) is 0 Å². The zero-order valence-electron chi connectivity index (χ0n) is 11.2. The first-order valence-electron chi connectivity index (χ1n) is 6.29. The Kier molecular flexibility index (Phi) is 4.00. The van der Waals surface area contributed by atoms with E-state index in [0.29, 0.717) is 6.61 Å². The Morgan fingerprint density at radius 2 is 2.00 bits per heavy atom. The Morgan fingerprint density at radius 3 is 2.44 bits per heavy atom. The van der Waals surface area contributed by atoms with Gasteiger partial charge in [-0.05, 0) is 19.8 Å². The van der Waals surface area contributed by atoms with Gasteiger partial charge in [0.15, 0.2) is 0 Å². The third-order valence-corrected chi connectivity index (χ3v) is 6.43. The van der Waals surface area contributed by atoms with E-state index in [1.54, 1.807) is 0 Å². The first-order valence-corrected chi connectivity index (χ1v) is 9.79. The molecule has 1 aliphatic carbocycles. The van der Waals surface area contributed by atoms with Gasteiger partial charge >= 0.3 is 5.97 Å². The van der Waals surface area contributed by atoms with Gasteiger partial charge in [-0.2, -0.15) is 0 Å². The van der Waals surface area contributed by atoms with E-state index in [1.165, 1.54) is 18.4 Å². The molecular weight excluding hydrogens is 216 g/mol. The summed E-state index contributed by atoms with van der Waals surface area (Å²) >= 11 is 0. The molecule has 2 nitrogen and oxygen atoms in total. The van der Waals surface area contributed by atoms with Crippen molar-refractivity contribution in [2.24, 2.45) is 0 Å². The van der Waals surface area contributed by atoms with Crippen molar-refractivity contribution in [2.45, 2.75) is 57.8 Å². The fourth-order valence-corrected chi connectivity index (χ4v) is 4.68. The summed E-state index contributed by atoms with van der Waals surface area (Å²) in [6.45, 7) is 11.3. The fraction of sp³-hybridized carbons (Fsp3) is 0.769.